The highest BCUT2D eigenvalue weighted by atomic mass is 16.5. The maximum Gasteiger partial charge on any atom is 0.338 e. The van der Waals surface area contributed by atoms with Gasteiger partial charge in [0.1, 0.15) is 6.42 Å². The van der Waals surface area contributed by atoms with Gasteiger partial charge in [0, 0.05) is 11.7 Å². The molecule has 132 valence electrons. The van der Waals surface area contributed by atoms with E-state index in [1.54, 1.807) is 13.0 Å². The van der Waals surface area contributed by atoms with Crippen molar-refractivity contribution < 1.29 is 19.1 Å². The normalized spacial score (nSPS) is 15.0. The molecule has 1 aliphatic carbocycles. The molecule has 1 fully saturated rings. The highest BCUT2D eigenvalue weighted by Crippen LogP contribution is 2.18. The third-order valence-electron chi connectivity index (χ3n) is 4.00. The Balaban J connectivity index is 1.86. The summed E-state index contributed by atoms with van der Waals surface area (Å²) in [6.45, 7) is 1.54. The molecule has 0 aromatic heterocycles. The van der Waals surface area contributed by atoms with E-state index in [2.05, 4.69) is 10.6 Å². The lowest BCUT2D eigenvalue weighted by atomic mass is 10.2. The van der Waals surface area contributed by atoms with E-state index in [9.17, 15) is 14.4 Å². The van der Waals surface area contributed by atoms with Crippen molar-refractivity contribution in [3.63, 3.8) is 0 Å². The van der Waals surface area contributed by atoms with Crippen LogP contribution in [-0.4, -0.2) is 29.9 Å². The van der Waals surface area contributed by atoms with Crippen molar-refractivity contribution in [3.8, 4) is 6.07 Å². The lowest BCUT2D eigenvalue weighted by Gasteiger charge is -2.17. The van der Waals surface area contributed by atoms with Crippen LogP contribution in [0.3, 0.4) is 0 Å². The molecule has 2 N–H and O–H groups in total. The third kappa shape index (κ3) is 5.60. The summed E-state index contributed by atoms with van der Waals surface area (Å²) in [5.74, 6) is -1.32. The van der Waals surface area contributed by atoms with Gasteiger partial charge in [0.15, 0.2) is 6.10 Å². The fourth-order valence-corrected chi connectivity index (χ4v) is 2.64. The quantitative estimate of drug-likeness (QED) is 0.769. The Morgan fingerprint density at radius 3 is 2.48 bits per heavy atom. The van der Waals surface area contributed by atoms with Crippen LogP contribution in [0.5, 0.6) is 0 Å². The minimum Gasteiger partial charge on any atom is -0.449 e. The first-order valence-corrected chi connectivity index (χ1v) is 8.28. The number of carbonyl (C=O) groups excluding carboxylic acids is 3. The molecule has 0 bridgehead atoms. The maximum absolute atomic E-state index is 12.1. The SMILES string of the molecule is CC(OC(=O)c1ccc(NC(=O)CC#N)cc1)C(=O)NC1CCCC1. The summed E-state index contributed by atoms with van der Waals surface area (Å²) in [4.78, 5) is 35.5. The van der Waals surface area contributed by atoms with Gasteiger partial charge in [-0.05, 0) is 44.0 Å². The summed E-state index contributed by atoms with van der Waals surface area (Å²) in [5, 5.41) is 13.9. The Hall–Kier alpha value is -2.88. The first kappa shape index (κ1) is 18.5. The van der Waals surface area contributed by atoms with E-state index in [1.165, 1.54) is 24.3 Å². The minimum absolute atomic E-state index is 0.171. The number of ether oxygens (including phenoxy) is 1. The predicted octanol–water partition coefficient (Wildman–Crippen LogP) is 2.14. The molecule has 0 spiro atoms. The molecule has 1 aromatic rings. The molecule has 7 heteroatoms. The molecule has 25 heavy (non-hydrogen) atoms. The van der Waals surface area contributed by atoms with Crippen LogP contribution < -0.4 is 10.6 Å². The molecular weight excluding hydrogens is 322 g/mol. The van der Waals surface area contributed by atoms with Gasteiger partial charge in [-0.25, -0.2) is 4.79 Å². The minimum atomic E-state index is -0.872. The molecule has 1 atom stereocenters. The van der Waals surface area contributed by atoms with Crippen LogP contribution in [0.2, 0.25) is 0 Å². The van der Waals surface area contributed by atoms with Gasteiger partial charge in [-0.2, -0.15) is 5.26 Å². The lowest BCUT2D eigenvalue weighted by Crippen LogP contribution is -2.40. The van der Waals surface area contributed by atoms with E-state index in [0.29, 0.717) is 5.69 Å². The summed E-state index contributed by atoms with van der Waals surface area (Å²) in [6.07, 6.45) is 3.03. The number of hydrogen-bond donors (Lipinski definition) is 2. The molecule has 7 nitrogen and oxygen atoms in total. The van der Waals surface area contributed by atoms with Gasteiger partial charge in [-0.1, -0.05) is 12.8 Å². The zero-order chi connectivity index (χ0) is 18.2. The van der Waals surface area contributed by atoms with Gasteiger partial charge in [0.05, 0.1) is 11.6 Å². The maximum atomic E-state index is 12.1. The summed E-state index contributed by atoms with van der Waals surface area (Å²) in [6, 6.07) is 7.98. The number of nitriles is 1. The van der Waals surface area contributed by atoms with E-state index < -0.39 is 18.0 Å². The molecule has 1 unspecified atom stereocenters. The van der Waals surface area contributed by atoms with Crippen molar-refractivity contribution in [2.45, 2.75) is 51.2 Å². The van der Waals surface area contributed by atoms with Gasteiger partial charge >= 0.3 is 5.97 Å². The van der Waals surface area contributed by atoms with Crippen LogP contribution >= 0.6 is 0 Å². The Labute approximate surface area is 146 Å². The monoisotopic (exact) mass is 343 g/mol. The van der Waals surface area contributed by atoms with Crippen LogP contribution in [-0.2, 0) is 14.3 Å². The molecule has 0 heterocycles. The highest BCUT2D eigenvalue weighted by molar-refractivity contribution is 5.94. The zero-order valence-corrected chi connectivity index (χ0v) is 14.1. The molecular formula is C18H21N3O4. The molecule has 0 saturated heterocycles. The van der Waals surface area contributed by atoms with Crippen LogP contribution in [0, 0.1) is 11.3 Å². The smallest absolute Gasteiger partial charge is 0.338 e. The van der Waals surface area contributed by atoms with Gasteiger partial charge in [0.25, 0.3) is 5.91 Å². The van der Waals surface area contributed by atoms with Crippen molar-refractivity contribution in [3.05, 3.63) is 29.8 Å². The number of nitrogens with zero attached hydrogens (tertiary/aromatic N) is 1. The summed E-state index contributed by atoms with van der Waals surface area (Å²) < 4.78 is 5.19. The second-order valence-corrected chi connectivity index (χ2v) is 6.00. The van der Waals surface area contributed by atoms with E-state index in [4.69, 9.17) is 10.00 Å². The van der Waals surface area contributed by atoms with Crippen molar-refractivity contribution in [2.75, 3.05) is 5.32 Å². The van der Waals surface area contributed by atoms with Crippen LogP contribution in [0.15, 0.2) is 24.3 Å². The molecule has 2 rings (SSSR count). The number of anilines is 1. The Morgan fingerprint density at radius 2 is 1.88 bits per heavy atom. The van der Waals surface area contributed by atoms with Crippen LogP contribution in [0.4, 0.5) is 5.69 Å². The van der Waals surface area contributed by atoms with Gasteiger partial charge in [-0.15, -0.1) is 0 Å². The van der Waals surface area contributed by atoms with Crippen molar-refractivity contribution in [2.24, 2.45) is 0 Å². The summed E-state index contributed by atoms with van der Waals surface area (Å²) in [5.41, 5.74) is 0.752. The molecule has 1 aliphatic rings. The van der Waals surface area contributed by atoms with E-state index >= 15 is 0 Å². The Kier molecular flexibility index (Phi) is 6.52. The van der Waals surface area contributed by atoms with Crippen LogP contribution in [0.1, 0.15) is 49.4 Å². The summed E-state index contributed by atoms with van der Waals surface area (Å²) in [7, 11) is 0. The van der Waals surface area contributed by atoms with E-state index in [1.807, 2.05) is 0 Å². The first-order chi connectivity index (χ1) is 12.0. The number of carbonyl (C=O) groups is 3. The van der Waals surface area contributed by atoms with E-state index in [-0.39, 0.29) is 23.9 Å². The second-order valence-electron chi connectivity index (χ2n) is 6.00. The first-order valence-electron chi connectivity index (χ1n) is 8.28. The lowest BCUT2D eigenvalue weighted by molar-refractivity contribution is -0.129. The van der Waals surface area contributed by atoms with Crippen molar-refractivity contribution in [1.82, 2.24) is 5.32 Å². The van der Waals surface area contributed by atoms with E-state index in [0.717, 1.165) is 25.7 Å². The number of esters is 1. The number of rotatable bonds is 6. The average molecular weight is 343 g/mol. The topological polar surface area (TPSA) is 108 Å². The van der Waals surface area contributed by atoms with Crippen molar-refractivity contribution >= 4 is 23.5 Å². The molecule has 1 saturated carbocycles. The predicted molar refractivity (Wildman–Crippen MR) is 90.6 cm³/mol. The molecule has 0 radical (unpaired) electrons. The molecule has 1 aromatic carbocycles. The largest absolute Gasteiger partial charge is 0.449 e. The number of hydrogen-bond acceptors (Lipinski definition) is 5. The average Bonchev–Trinajstić information content (AvgIpc) is 3.08. The van der Waals surface area contributed by atoms with Crippen LogP contribution in [0.25, 0.3) is 0 Å². The highest BCUT2D eigenvalue weighted by Gasteiger charge is 2.23. The van der Waals surface area contributed by atoms with Gasteiger partial charge in [-0.3, -0.25) is 9.59 Å². The fraction of sp³-hybridized carbons (Fsp3) is 0.444. The Morgan fingerprint density at radius 1 is 1.24 bits per heavy atom. The third-order valence-corrected chi connectivity index (χ3v) is 4.00. The molecule has 2 amide bonds. The number of amides is 2. The zero-order valence-electron chi connectivity index (χ0n) is 14.1. The standard InChI is InChI=1S/C18H21N3O4/c1-12(17(23)21-14-4-2-3-5-14)25-18(24)13-6-8-15(9-7-13)20-16(22)10-11-19/h6-9,12,14H,2-5,10H2,1H3,(H,20,22)(H,21,23). The Bertz CT molecular complexity index is 673. The second kappa shape index (κ2) is 8.83. The molecule has 0 aliphatic heterocycles. The van der Waals surface area contributed by atoms with Gasteiger partial charge in [0.2, 0.25) is 5.91 Å². The number of nitrogens with one attached hydrogen (secondary N) is 2. The fourth-order valence-electron chi connectivity index (χ4n) is 2.64. The number of benzene rings is 1. The summed E-state index contributed by atoms with van der Waals surface area (Å²) >= 11 is 0. The van der Waals surface area contributed by atoms with Gasteiger partial charge < -0.3 is 15.4 Å². The van der Waals surface area contributed by atoms with Crippen molar-refractivity contribution in [1.29, 1.82) is 5.26 Å².